The van der Waals surface area contributed by atoms with Gasteiger partial charge in [-0.15, -0.1) is 0 Å². The number of aromatic nitrogens is 2. The van der Waals surface area contributed by atoms with Crippen molar-refractivity contribution in [3.63, 3.8) is 0 Å². The Kier molecular flexibility index (Phi) is 2.68. The van der Waals surface area contributed by atoms with Gasteiger partial charge in [-0.1, -0.05) is 35.5 Å². The maximum atomic E-state index is 11.9. The smallest absolute Gasteiger partial charge is 0.254 e. The molecule has 0 radical (unpaired) electrons. The summed E-state index contributed by atoms with van der Waals surface area (Å²) in [5.74, 6) is 0.923. The van der Waals surface area contributed by atoms with Crippen LogP contribution in [-0.2, 0) is 6.54 Å². The second-order valence-corrected chi connectivity index (χ2v) is 5.27. The van der Waals surface area contributed by atoms with E-state index in [-0.39, 0.29) is 5.56 Å². The highest BCUT2D eigenvalue weighted by atomic mass is 35.5. The summed E-state index contributed by atoms with van der Waals surface area (Å²) in [6, 6.07) is 8.94. The van der Waals surface area contributed by atoms with E-state index in [0.29, 0.717) is 10.7 Å². The maximum absolute atomic E-state index is 11.9. The molecule has 0 atom stereocenters. The molecule has 1 aliphatic rings. The number of halogens is 1. The number of rotatable bonds is 1. The Morgan fingerprint density at radius 3 is 2.82 bits per heavy atom. The molecule has 86 valence electrons. The Morgan fingerprint density at radius 2 is 2.06 bits per heavy atom. The van der Waals surface area contributed by atoms with Crippen LogP contribution in [0.25, 0.3) is 11.3 Å². The second kappa shape index (κ2) is 4.20. The van der Waals surface area contributed by atoms with Gasteiger partial charge in [-0.3, -0.25) is 9.36 Å². The van der Waals surface area contributed by atoms with Gasteiger partial charge in [0.15, 0.2) is 5.16 Å². The molecular formula is C12H9ClN2OS. The lowest BCUT2D eigenvalue weighted by atomic mass is 10.1. The third kappa shape index (κ3) is 1.98. The summed E-state index contributed by atoms with van der Waals surface area (Å²) in [6.07, 6.45) is 0. The van der Waals surface area contributed by atoms with Gasteiger partial charge in [0, 0.05) is 29.0 Å². The van der Waals surface area contributed by atoms with Crippen molar-refractivity contribution in [1.29, 1.82) is 0 Å². The van der Waals surface area contributed by atoms with Gasteiger partial charge in [-0.05, 0) is 12.1 Å². The molecule has 0 aliphatic carbocycles. The molecular weight excluding hydrogens is 256 g/mol. The standard InChI is InChI=1S/C12H9ClN2OS/c13-9-3-1-8(2-4-9)10-7-11(16)15-5-6-17-12(15)14-10/h1-4,7H,5-6H2. The van der Waals surface area contributed by atoms with Crippen LogP contribution in [-0.4, -0.2) is 15.3 Å². The van der Waals surface area contributed by atoms with E-state index in [0.717, 1.165) is 23.0 Å². The first-order chi connectivity index (χ1) is 8.24. The van der Waals surface area contributed by atoms with Crippen LogP contribution in [0.3, 0.4) is 0 Å². The van der Waals surface area contributed by atoms with Gasteiger partial charge in [0.25, 0.3) is 5.56 Å². The fourth-order valence-corrected chi connectivity index (χ4v) is 2.88. The van der Waals surface area contributed by atoms with Crippen molar-refractivity contribution < 1.29 is 0 Å². The fraction of sp³-hybridized carbons (Fsp3) is 0.167. The van der Waals surface area contributed by atoms with E-state index < -0.39 is 0 Å². The average Bonchev–Trinajstić information content (AvgIpc) is 2.78. The number of thioether (sulfide) groups is 1. The van der Waals surface area contributed by atoms with Crippen LogP contribution in [0.4, 0.5) is 0 Å². The van der Waals surface area contributed by atoms with E-state index in [9.17, 15) is 4.79 Å². The molecule has 1 aromatic heterocycles. The number of benzene rings is 1. The molecule has 2 aromatic rings. The molecule has 0 N–H and O–H groups in total. The quantitative estimate of drug-likeness (QED) is 0.743. The predicted molar refractivity (Wildman–Crippen MR) is 69.7 cm³/mol. The van der Waals surface area contributed by atoms with E-state index in [1.807, 2.05) is 12.1 Å². The number of hydrogen-bond acceptors (Lipinski definition) is 3. The molecule has 17 heavy (non-hydrogen) atoms. The lowest BCUT2D eigenvalue weighted by molar-refractivity contribution is 0.658. The van der Waals surface area contributed by atoms with Crippen LogP contribution in [0.5, 0.6) is 0 Å². The van der Waals surface area contributed by atoms with E-state index in [4.69, 9.17) is 11.6 Å². The van der Waals surface area contributed by atoms with Crippen LogP contribution < -0.4 is 5.56 Å². The van der Waals surface area contributed by atoms with Crippen molar-refractivity contribution in [3.05, 3.63) is 45.7 Å². The summed E-state index contributed by atoms with van der Waals surface area (Å²) in [6.45, 7) is 0.757. The van der Waals surface area contributed by atoms with Crippen LogP contribution >= 0.6 is 23.4 Å². The minimum Gasteiger partial charge on any atom is -0.287 e. The van der Waals surface area contributed by atoms with Crippen molar-refractivity contribution >= 4 is 23.4 Å². The second-order valence-electron chi connectivity index (χ2n) is 3.77. The normalized spacial score (nSPS) is 13.7. The molecule has 2 heterocycles. The molecule has 0 saturated carbocycles. The van der Waals surface area contributed by atoms with Crippen LogP contribution in [0.15, 0.2) is 40.3 Å². The Labute approximate surface area is 107 Å². The molecule has 0 spiro atoms. The zero-order chi connectivity index (χ0) is 11.8. The minimum absolute atomic E-state index is 0.0185. The number of hydrogen-bond donors (Lipinski definition) is 0. The monoisotopic (exact) mass is 264 g/mol. The van der Waals surface area contributed by atoms with Gasteiger partial charge >= 0.3 is 0 Å². The summed E-state index contributed by atoms with van der Waals surface area (Å²) in [4.78, 5) is 16.4. The molecule has 0 bridgehead atoms. The van der Waals surface area contributed by atoms with Gasteiger partial charge in [-0.25, -0.2) is 4.98 Å². The van der Waals surface area contributed by atoms with Crippen molar-refractivity contribution in [1.82, 2.24) is 9.55 Å². The van der Waals surface area contributed by atoms with Crippen LogP contribution in [0.1, 0.15) is 0 Å². The van der Waals surface area contributed by atoms with E-state index >= 15 is 0 Å². The molecule has 0 unspecified atom stereocenters. The predicted octanol–water partition coefficient (Wildman–Crippen LogP) is 2.67. The first kappa shape index (κ1) is 10.9. The zero-order valence-corrected chi connectivity index (χ0v) is 10.5. The highest BCUT2D eigenvalue weighted by Crippen LogP contribution is 2.25. The molecule has 0 fully saturated rings. The fourth-order valence-electron chi connectivity index (χ4n) is 1.80. The molecule has 0 amide bonds. The third-order valence-electron chi connectivity index (χ3n) is 2.66. The minimum atomic E-state index is 0.0185. The number of nitrogens with zero attached hydrogens (tertiary/aromatic N) is 2. The molecule has 1 aliphatic heterocycles. The van der Waals surface area contributed by atoms with Gasteiger partial charge in [0.2, 0.25) is 0 Å². The Hall–Kier alpha value is -1.26. The highest BCUT2D eigenvalue weighted by Gasteiger charge is 2.15. The summed E-state index contributed by atoms with van der Waals surface area (Å²) >= 11 is 7.45. The summed E-state index contributed by atoms with van der Waals surface area (Å²) in [5.41, 5.74) is 1.65. The zero-order valence-electron chi connectivity index (χ0n) is 8.89. The largest absolute Gasteiger partial charge is 0.287 e. The van der Waals surface area contributed by atoms with E-state index in [1.165, 1.54) is 0 Å². The molecule has 5 heteroatoms. The lowest BCUT2D eigenvalue weighted by Crippen LogP contribution is -2.19. The number of fused-ring (bicyclic) bond motifs is 1. The third-order valence-corrected chi connectivity index (χ3v) is 3.87. The van der Waals surface area contributed by atoms with E-state index in [1.54, 1.807) is 34.5 Å². The van der Waals surface area contributed by atoms with Gasteiger partial charge in [0.05, 0.1) is 5.69 Å². The Morgan fingerprint density at radius 1 is 1.29 bits per heavy atom. The summed E-state index contributed by atoms with van der Waals surface area (Å²) in [5, 5.41) is 1.49. The van der Waals surface area contributed by atoms with Crippen LogP contribution in [0, 0.1) is 0 Å². The van der Waals surface area contributed by atoms with Crippen molar-refractivity contribution in [2.24, 2.45) is 0 Å². The molecule has 0 saturated heterocycles. The van der Waals surface area contributed by atoms with Crippen molar-refractivity contribution in [2.45, 2.75) is 11.7 Å². The first-order valence-corrected chi connectivity index (χ1v) is 6.61. The Bertz CT molecular complexity index is 621. The molecule has 1 aromatic carbocycles. The topological polar surface area (TPSA) is 34.9 Å². The molecule has 3 nitrogen and oxygen atoms in total. The average molecular weight is 265 g/mol. The highest BCUT2D eigenvalue weighted by molar-refractivity contribution is 7.99. The van der Waals surface area contributed by atoms with Gasteiger partial charge in [0.1, 0.15) is 0 Å². The van der Waals surface area contributed by atoms with Gasteiger partial charge < -0.3 is 0 Å². The van der Waals surface area contributed by atoms with Crippen molar-refractivity contribution in [3.8, 4) is 11.3 Å². The van der Waals surface area contributed by atoms with E-state index in [2.05, 4.69) is 4.98 Å². The summed E-state index contributed by atoms with van der Waals surface area (Å²) < 4.78 is 1.71. The lowest BCUT2D eigenvalue weighted by Gasteiger charge is -2.04. The van der Waals surface area contributed by atoms with Gasteiger partial charge in [-0.2, -0.15) is 0 Å². The first-order valence-electron chi connectivity index (χ1n) is 5.25. The SMILES string of the molecule is O=c1cc(-c2ccc(Cl)cc2)nc2n1CCS2. The molecule has 3 rings (SSSR count). The van der Waals surface area contributed by atoms with Crippen molar-refractivity contribution in [2.75, 3.05) is 5.75 Å². The maximum Gasteiger partial charge on any atom is 0.254 e. The summed E-state index contributed by atoms with van der Waals surface area (Å²) in [7, 11) is 0. The Balaban J connectivity index is 2.13. The van der Waals surface area contributed by atoms with Crippen LogP contribution in [0.2, 0.25) is 5.02 Å².